The van der Waals surface area contributed by atoms with E-state index in [0.717, 1.165) is 16.9 Å². The van der Waals surface area contributed by atoms with Crippen LogP contribution in [0.2, 0.25) is 0 Å². The molecule has 5 rings (SSSR count). The summed E-state index contributed by atoms with van der Waals surface area (Å²) in [6.07, 6.45) is 0. The lowest BCUT2D eigenvalue weighted by molar-refractivity contribution is 0.0531. The summed E-state index contributed by atoms with van der Waals surface area (Å²) in [6, 6.07) is 11.6. The van der Waals surface area contributed by atoms with Gasteiger partial charge in [0.25, 0.3) is 5.91 Å². The molecule has 0 saturated carbocycles. The molecule has 0 spiro atoms. The van der Waals surface area contributed by atoms with Gasteiger partial charge in [0.05, 0.1) is 36.4 Å². The van der Waals surface area contributed by atoms with Crippen LogP contribution in [-0.2, 0) is 4.74 Å². The second-order valence-corrected chi connectivity index (χ2v) is 9.13. The lowest BCUT2D eigenvalue weighted by Crippen LogP contribution is -2.29. The van der Waals surface area contributed by atoms with Crippen molar-refractivity contribution in [3.63, 3.8) is 0 Å². The summed E-state index contributed by atoms with van der Waals surface area (Å²) in [5.41, 5.74) is 2.33. The number of rotatable bonds is 5. The van der Waals surface area contributed by atoms with Crippen molar-refractivity contribution in [2.45, 2.75) is 26.8 Å². The summed E-state index contributed by atoms with van der Waals surface area (Å²) < 4.78 is 16.4. The van der Waals surface area contributed by atoms with Crippen LogP contribution in [0.15, 0.2) is 51.7 Å². The number of nitrogens with zero attached hydrogens (tertiary/aromatic N) is 2. The molecular weight excluding hydrogens is 468 g/mol. The maximum Gasteiger partial charge on any atom is 0.350 e. The van der Waals surface area contributed by atoms with Crippen LogP contribution in [0.4, 0.5) is 5.13 Å². The molecule has 1 aliphatic rings. The number of methoxy groups -OCH3 is 1. The van der Waals surface area contributed by atoms with Crippen molar-refractivity contribution >= 4 is 39.3 Å². The number of carbonyl (C=O) groups is 2. The van der Waals surface area contributed by atoms with Gasteiger partial charge in [0.15, 0.2) is 10.6 Å². The normalized spacial score (nSPS) is 14.9. The first kappa shape index (κ1) is 22.8. The van der Waals surface area contributed by atoms with Crippen LogP contribution in [0.3, 0.4) is 0 Å². The second-order valence-electron chi connectivity index (χ2n) is 8.16. The Morgan fingerprint density at radius 1 is 1.14 bits per heavy atom. The monoisotopic (exact) mass is 490 g/mol. The minimum absolute atomic E-state index is 0.0299. The number of esters is 1. The number of thiazole rings is 1. The Kier molecular flexibility index (Phi) is 5.64. The number of hydrogen-bond donors (Lipinski definition) is 0. The number of benzene rings is 2. The molecule has 1 aliphatic heterocycles. The fourth-order valence-electron chi connectivity index (χ4n) is 4.26. The van der Waals surface area contributed by atoms with Gasteiger partial charge in [0.1, 0.15) is 16.2 Å². The molecule has 1 atom stereocenters. The SMILES string of the molecule is CCOC(=O)c1sc(N2C(=O)c3oc4ccc(C)cc4c(=O)c3[C@H]2c2ccc(OC)cc2)nc1C. The van der Waals surface area contributed by atoms with Gasteiger partial charge in [-0.3, -0.25) is 14.5 Å². The zero-order valence-electron chi connectivity index (χ0n) is 19.6. The predicted molar refractivity (Wildman–Crippen MR) is 132 cm³/mol. The van der Waals surface area contributed by atoms with Crippen LogP contribution < -0.4 is 15.1 Å². The van der Waals surface area contributed by atoms with E-state index >= 15 is 0 Å². The third kappa shape index (κ3) is 3.68. The molecule has 0 fully saturated rings. The molecule has 4 aromatic rings. The topological polar surface area (TPSA) is 98.9 Å². The van der Waals surface area contributed by atoms with Crippen LogP contribution >= 0.6 is 11.3 Å². The van der Waals surface area contributed by atoms with Crippen molar-refractivity contribution in [1.29, 1.82) is 0 Å². The van der Waals surface area contributed by atoms with Gasteiger partial charge in [-0.2, -0.15) is 0 Å². The summed E-state index contributed by atoms with van der Waals surface area (Å²) in [5.74, 6) is -0.391. The second kappa shape index (κ2) is 8.66. The van der Waals surface area contributed by atoms with Gasteiger partial charge < -0.3 is 13.9 Å². The molecule has 0 N–H and O–H groups in total. The highest BCUT2D eigenvalue weighted by atomic mass is 32.1. The Balaban J connectivity index is 1.74. The molecule has 0 unspecified atom stereocenters. The Morgan fingerprint density at radius 2 is 1.89 bits per heavy atom. The van der Waals surface area contributed by atoms with Crippen molar-refractivity contribution in [1.82, 2.24) is 4.98 Å². The lowest BCUT2D eigenvalue weighted by atomic mass is 9.98. The standard InChI is InChI=1S/C26H22N2O6S/c1-5-33-25(31)23-14(3)27-26(35-23)28-20(15-7-9-16(32-4)10-8-15)19-21(29)17-12-13(2)6-11-18(17)34-22(19)24(28)30/h6-12,20H,5H2,1-4H3/t20-/m1/s1. The van der Waals surface area contributed by atoms with E-state index in [1.807, 2.05) is 13.0 Å². The third-order valence-corrected chi connectivity index (χ3v) is 7.05. The van der Waals surface area contributed by atoms with Crippen LogP contribution in [0.1, 0.15) is 55.6 Å². The number of anilines is 1. The number of amides is 1. The van der Waals surface area contributed by atoms with Gasteiger partial charge in [-0.1, -0.05) is 35.1 Å². The van der Waals surface area contributed by atoms with Gasteiger partial charge in [0, 0.05) is 0 Å². The molecular formula is C26H22N2O6S. The fourth-order valence-corrected chi connectivity index (χ4v) is 5.24. The Labute approximate surface area is 204 Å². The van der Waals surface area contributed by atoms with Crippen LogP contribution in [0, 0.1) is 13.8 Å². The van der Waals surface area contributed by atoms with E-state index in [0.29, 0.717) is 32.9 Å². The van der Waals surface area contributed by atoms with Gasteiger partial charge in [-0.15, -0.1) is 0 Å². The van der Waals surface area contributed by atoms with Crippen LogP contribution in [0.5, 0.6) is 5.75 Å². The maximum atomic E-state index is 13.7. The molecule has 3 heterocycles. The molecule has 9 heteroatoms. The molecule has 178 valence electrons. The van der Waals surface area contributed by atoms with Crippen LogP contribution in [0.25, 0.3) is 11.0 Å². The average molecular weight is 491 g/mol. The van der Waals surface area contributed by atoms with Crippen molar-refractivity contribution < 1.29 is 23.5 Å². The number of hydrogen-bond acceptors (Lipinski definition) is 8. The summed E-state index contributed by atoms with van der Waals surface area (Å²) in [7, 11) is 1.56. The van der Waals surface area contributed by atoms with Gasteiger partial charge in [0.2, 0.25) is 5.76 Å². The van der Waals surface area contributed by atoms with Crippen molar-refractivity contribution in [2.24, 2.45) is 0 Å². The summed E-state index contributed by atoms with van der Waals surface area (Å²) in [5, 5.41) is 0.682. The highest BCUT2D eigenvalue weighted by Gasteiger charge is 2.45. The molecule has 0 saturated heterocycles. The average Bonchev–Trinajstić information content (AvgIpc) is 3.37. The smallest absolute Gasteiger partial charge is 0.350 e. The molecule has 0 aliphatic carbocycles. The minimum atomic E-state index is -0.787. The molecule has 2 aromatic carbocycles. The van der Waals surface area contributed by atoms with E-state index in [9.17, 15) is 14.4 Å². The largest absolute Gasteiger partial charge is 0.497 e. The summed E-state index contributed by atoms with van der Waals surface area (Å²) in [4.78, 5) is 46.1. The number of aryl methyl sites for hydroxylation is 2. The fraction of sp³-hybridized carbons (Fsp3) is 0.231. The van der Waals surface area contributed by atoms with E-state index in [1.54, 1.807) is 57.4 Å². The van der Waals surface area contributed by atoms with Crippen LogP contribution in [-0.4, -0.2) is 30.6 Å². The Morgan fingerprint density at radius 3 is 2.57 bits per heavy atom. The van der Waals surface area contributed by atoms with Gasteiger partial charge >= 0.3 is 5.97 Å². The first-order chi connectivity index (χ1) is 16.8. The van der Waals surface area contributed by atoms with E-state index in [-0.39, 0.29) is 28.5 Å². The molecule has 8 nitrogen and oxygen atoms in total. The molecule has 0 radical (unpaired) electrons. The quantitative estimate of drug-likeness (QED) is 0.371. The summed E-state index contributed by atoms with van der Waals surface area (Å²) in [6.45, 7) is 5.51. The van der Waals surface area contributed by atoms with E-state index in [4.69, 9.17) is 13.9 Å². The number of aromatic nitrogens is 1. The van der Waals surface area contributed by atoms with E-state index < -0.39 is 17.9 Å². The minimum Gasteiger partial charge on any atom is -0.497 e. The lowest BCUT2D eigenvalue weighted by Gasteiger charge is -2.22. The Hall–Kier alpha value is -3.98. The van der Waals surface area contributed by atoms with E-state index in [2.05, 4.69) is 4.98 Å². The summed E-state index contributed by atoms with van der Waals surface area (Å²) >= 11 is 1.05. The Bertz CT molecular complexity index is 1540. The zero-order valence-corrected chi connectivity index (χ0v) is 20.4. The molecule has 1 amide bonds. The van der Waals surface area contributed by atoms with Gasteiger partial charge in [-0.05, 0) is 50.6 Å². The van der Waals surface area contributed by atoms with Crippen molar-refractivity contribution in [3.8, 4) is 5.75 Å². The number of carbonyl (C=O) groups excluding carboxylic acids is 2. The first-order valence-electron chi connectivity index (χ1n) is 11.0. The molecule has 35 heavy (non-hydrogen) atoms. The third-order valence-electron chi connectivity index (χ3n) is 5.91. The van der Waals surface area contributed by atoms with Crippen molar-refractivity contribution in [2.75, 3.05) is 18.6 Å². The molecule has 0 bridgehead atoms. The predicted octanol–water partition coefficient (Wildman–Crippen LogP) is 4.80. The highest BCUT2D eigenvalue weighted by molar-refractivity contribution is 7.17. The first-order valence-corrected chi connectivity index (χ1v) is 11.8. The highest BCUT2D eigenvalue weighted by Crippen LogP contribution is 2.43. The maximum absolute atomic E-state index is 13.7. The zero-order chi connectivity index (χ0) is 24.9. The number of fused-ring (bicyclic) bond motifs is 2. The van der Waals surface area contributed by atoms with Crippen molar-refractivity contribution in [3.05, 3.63) is 85.7 Å². The molecule has 2 aromatic heterocycles. The number of ether oxygens (including phenoxy) is 2. The van der Waals surface area contributed by atoms with Gasteiger partial charge in [-0.25, -0.2) is 9.78 Å². The van der Waals surface area contributed by atoms with E-state index in [1.165, 1.54) is 4.90 Å².